The van der Waals surface area contributed by atoms with Crippen LogP contribution < -0.4 is 5.32 Å². The summed E-state index contributed by atoms with van der Waals surface area (Å²) in [4.78, 5) is 12.5. The van der Waals surface area contributed by atoms with Gasteiger partial charge in [-0.15, -0.1) is 5.10 Å². The number of carbonyl (C=O) groups is 1. The first kappa shape index (κ1) is 19.4. The number of carbonyl (C=O) groups excluding carboxylic acids is 1. The molecule has 27 heavy (non-hydrogen) atoms. The van der Waals surface area contributed by atoms with Crippen molar-refractivity contribution in [3.05, 3.63) is 65.2 Å². The zero-order chi connectivity index (χ0) is 19.1. The number of halogens is 1. The Kier molecular flexibility index (Phi) is 6.84. The first-order valence-electron chi connectivity index (χ1n) is 8.69. The fourth-order valence-electron chi connectivity index (χ4n) is 2.68. The number of tetrazole rings is 1. The summed E-state index contributed by atoms with van der Waals surface area (Å²) >= 11 is 7.22. The highest BCUT2D eigenvalue weighted by atomic mass is 35.5. The van der Waals surface area contributed by atoms with E-state index in [1.807, 2.05) is 42.5 Å². The third-order valence-electron chi connectivity index (χ3n) is 3.96. The summed E-state index contributed by atoms with van der Waals surface area (Å²) in [6, 6.07) is 17.2. The molecular formula is C19H20ClN5OS. The van der Waals surface area contributed by atoms with E-state index in [0.29, 0.717) is 10.2 Å². The third-order valence-corrected chi connectivity index (χ3v) is 5.13. The second kappa shape index (κ2) is 9.53. The highest BCUT2D eigenvalue weighted by molar-refractivity contribution is 7.99. The van der Waals surface area contributed by atoms with Gasteiger partial charge in [0.25, 0.3) is 0 Å². The summed E-state index contributed by atoms with van der Waals surface area (Å²) in [5.41, 5.74) is 1.91. The van der Waals surface area contributed by atoms with E-state index in [0.717, 1.165) is 24.1 Å². The van der Waals surface area contributed by atoms with Crippen LogP contribution in [0.4, 0.5) is 0 Å². The molecule has 140 valence electrons. The number of benzene rings is 2. The molecule has 2 aromatic carbocycles. The molecule has 1 amide bonds. The molecule has 0 aliphatic heterocycles. The smallest absolute Gasteiger partial charge is 0.230 e. The van der Waals surface area contributed by atoms with E-state index in [2.05, 4.69) is 27.8 Å². The first-order valence-corrected chi connectivity index (χ1v) is 10.0. The summed E-state index contributed by atoms with van der Waals surface area (Å²) in [6.45, 7) is 2.11. The molecule has 6 nitrogen and oxygen atoms in total. The van der Waals surface area contributed by atoms with Crippen LogP contribution in [0.15, 0.2) is 59.8 Å². The maximum absolute atomic E-state index is 12.5. The summed E-state index contributed by atoms with van der Waals surface area (Å²) in [5, 5.41) is 16.0. The Balaban J connectivity index is 1.62. The summed E-state index contributed by atoms with van der Waals surface area (Å²) in [7, 11) is 0. The van der Waals surface area contributed by atoms with Gasteiger partial charge >= 0.3 is 0 Å². The lowest BCUT2D eigenvalue weighted by Crippen LogP contribution is -2.30. The molecule has 0 bridgehead atoms. The van der Waals surface area contributed by atoms with Crippen LogP contribution in [0.1, 0.15) is 31.4 Å². The van der Waals surface area contributed by atoms with Gasteiger partial charge in [0, 0.05) is 5.02 Å². The molecule has 0 saturated carbocycles. The van der Waals surface area contributed by atoms with Crippen LogP contribution in [-0.2, 0) is 4.79 Å². The topological polar surface area (TPSA) is 72.7 Å². The maximum atomic E-state index is 12.5. The van der Waals surface area contributed by atoms with Crippen molar-refractivity contribution in [3.63, 3.8) is 0 Å². The fourth-order valence-corrected chi connectivity index (χ4v) is 3.50. The molecule has 0 unspecified atom stereocenters. The minimum Gasteiger partial charge on any atom is -0.349 e. The van der Waals surface area contributed by atoms with E-state index in [1.165, 1.54) is 11.8 Å². The van der Waals surface area contributed by atoms with Crippen LogP contribution in [0.2, 0.25) is 5.02 Å². The van der Waals surface area contributed by atoms with Crippen LogP contribution >= 0.6 is 23.4 Å². The summed E-state index contributed by atoms with van der Waals surface area (Å²) in [6.07, 6.45) is 1.88. The van der Waals surface area contributed by atoms with Crippen LogP contribution in [0.25, 0.3) is 5.69 Å². The number of nitrogens with zero attached hydrogens (tertiary/aromatic N) is 4. The number of rotatable bonds is 8. The molecule has 0 fully saturated rings. The molecule has 0 aliphatic carbocycles. The summed E-state index contributed by atoms with van der Waals surface area (Å²) in [5.74, 6) is 0.189. The Morgan fingerprint density at radius 2 is 1.93 bits per heavy atom. The lowest BCUT2D eigenvalue weighted by Gasteiger charge is -2.18. The quantitative estimate of drug-likeness (QED) is 0.576. The molecule has 0 aliphatic rings. The van der Waals surface area contributed by atoms with Crippen molar-refractivity contribution in [2.45, 2.75) is 31.0 Å². The van der Waals surface area contributed by atoms with Crippen LogP contribution in [0.3, 0.4) is 0 Å². The molecule has 3 rings (SSSR count). The van der Waals surface area contributed by atoms with Gasteiger partial charge in [-0.25, -0.2) is 0 Å². The molecule has 0 radical (unpaired) electrons. The van der Waals surface area contributed by atoms with Crippen molar-refractivity contribution >= 4 is 29.3 Å². The Hall–Kier alpha value is -2.38. The maximum Gasteiger partial charge on any atom is 0.230 e. The van der Waals surface area contributed by atoms with Crippen LogP contribution in [-0.4, -0.2) is 31.9 Å². The lowest BCUT2D eigenvalue weighted by atomic mass is 10.0. The van der Waals surface area contributed by atoms with Gasteiger partial charge in [0.2, 0.25) is 11.1 Å². The molecule has 0 saturated heterocycles. The third kappa shape index (κ3) is 5.30. The average Bonchev–Trinajstić information content (AvgIpc) is 3.16. The normalized spacial score (nSPS) is 11.9. The first-order chi connectivity index (χ1) is 13.2. The van der Waals surface area contributed by atoms with E-state index in [1.54, 1.807) is 16.8 Å². The zero-order valence-electron chi connectivity index (χ0n) is 14.9. The fraction of sp³-hybridized carbons (Fsp3) is 0.263. The van der Waals surface area contributed by atoms with Crippen molar-refractivity contribution in [2.75, 3.05) is 5.75 Å². The van der Waals surface area contributed by atoms with E-state index in [9.17, 15) is 4.79 Å². The van der Waals surface area contributed by atoms with Gasteiger partial charge in [-0.2, -0.15) is 4.68 Å². The molecule has 1 heterocycles. The van der Waals surface area contributed by atoms with E-state index in [4.69, 9.17) is 11.6 Å². The number of nitrogens with one attached hydrogen (secondary N) is 1. The van der Waals surface area contributed by atoms with Crippen molar-refractivity contribution in [1.29, 1.82) is 0 Å². The van der Waals surface area contributed by atoms with Crippen LogP contribution in [0, 0.1) is 0 Å². The minimum atomic E-state index is -0.0482. The standard InChI is InChI=1S/C19H20ClN5OS/c1-2-6-17(14-7-4-3-5-8-14)21-18(26)13-27-19-22-23-24-25(19)16-11-9-15(20)10-12-16/h3-5,7-12,17H,2,6,13H2,1H3,(H,21,26)/t17-/m1/s1. The van der Waals surface area contributed by atoms with Gasteiger partial charge in [-0.05, 0) is 46.7 Å². The largest absolute Gasteiger partial charge is 0.349 e. The van der Waals surface area contributed by atoms with E-state index in [-0.39, 0.29) is 17.7 Å². The molecule has 0 spiro atoms. The SMILES string of the molecule is CCC[C@@H](NC(=O)CSc1nnnn1-c1ccc(Cl)cc1)c1ccccc1. The van der Waals surface area contributed by atoms with Gasteiger partial charge in [-0.1, -0.05) is 67.0 Å². The number of thioether (sulfide) groups is 1. The van der Waals surface area contributed by atoms with Crippen molar-refractivity contribution in [2.24, 2.45) is 0 Å². The van der Waals surface area contributed by atoms with Crippen molar-refractivity contribution in [3.8, 4) is 5.69 Å². The summed E-state index contributed by atoms with van der Waals surface area (Å²) < 4.78 is 1.59. The number of hydrogen-bond donors (Lipinski definition) is 1. The zero-order valence-corrected chi connectivity index (χ0v) is 16.5. The molecule has 1 N–H and O–H groups in total. The van der Waals surface area contributed by atoms with E-state index >= 15 is 0 Å². The number of aromatic nitrogens is 4. The van der Waals surface area contributed by atoms with Gasteiger partial charge in [0.15, 0.2) is 0 Å². The van der Waals surface area contributed by atoms with Gasteiger partial charge in [0.05, 0.1) is 17.5 Å². The highest BCUT2D eigenvalue weighted by Crippen LogP contribution is 2.21. The molecule has 3 aromatic rings. The van der Waals surface area contributed by atoms with E-state index < -0.39 is 0 Å². The average molecular weight is 402 g/mol. The van der Waals surface area contributed by atoms with Gasteiger partial charge in [-0.3, -0.25) is 4.79 Å². The molecule has 1 atom stereocenters. The second-order valence-corrected chi connectivity index (χ2v) is 7.34. The Morgan fingerprint density at radius 1 is 1.19 bits per heavy atom. The van der Waals surface area contributed by atoms with Gasteiger partial charge < -0.3 is 5.32 Å². The highest BCUT2D eigenvalue weighted by Gasteiger charge is 2.16. The monoisotopic (exact) mass is 401 g/mol. The molecular weight excluding hydrogens is 382 g/mol. The Bertz CT molecular complexity index is 869. The Labute approximate surface area is 167 Å². The molecule has 1 aromatic heterocycles. The van der Waals surface area contributed by atoms with Crippen LogP contribution in [0.5, 0.6) is 0 Å². The number of amides is 1. The second-order valence-electron chi connectivity index (χ2n) is 5.96. The predicted molar refractivity (Wildman–Crippen MR) is 107 cm³/mol. The van der Waals surface area contributed by atoms with Gasteiger partial charge in [0.1, 0.15) is 0 Å². The minimum absolute atomic E-state index is 0.0107. The molecule has 8 heteroatoms. The lowest BCUT2D eigenvalue weighted by molar-refractivity contribution is -0.119. The van der Waals surface area contributed by atoms with Crippen molar-refractivity contribution < 1.29 is 4.79 Å². The predicted octanol–water partition coefficient (Wildman–Crippen LogP) is 4.07. The Morgan fingerprint density at radius 3 is 2.63 bits per heavy atom. The van der Waals surface area contributed by atoms with Crippen molar-refractivity contribution in [1.82, 2.24) is 25.5 Å². The number of hydrogen-bond acceptors (Lipinski definition) is 5.